The second-order valence-corrected chi connectivity index (χ2v) is 10.3. The number of likely N-dealkylation sites (N-methyl/N-ethyl adjacent to an activating group) is 1. The van der Waals surface area contributed by atoms with Gasteiger partial charge in [0.25, 0.3) is 0 Å². The van der Waals surface area contributed by atoms with Crippen molar-refractivity contribution >= 4 is 44.9 Å². The Morgan fingerprint density at radius 2 is 2.00 bits per heavy atom. The van der Waals surface area contributed by atoms with Gasteiger partial charge in [0.05, 0.1) is 16.8 Å². The van der Waals surface area contributed by atoms with E-state index in [2.05, 4.69) is 26.1 Å². The standard InChI is InChI=1S/C22H30N8OS/c1-12-6-19(29-28-12)26-21-20-17(4-5-32-20)25-22(27-21)24-16-9-14-7-13(8-15(10-16)23-14)18(31)11-30(2)3/h4-6,13-16,23H,7-11H2,1-3H3,(H3,24,25,26,27,28,29)/t13?,14-,15+,16?. The quantitative estimate of drug-likeness (QED) is 0.431. The summed E-state index contributed by atoms with van der Waals surface area (Å²) in [5.41, 5.74) is 1.91. The van der Waals surface area contributed by atoms with E-state index in [1.54, 1.807) is 11.3 Å². The van der Waals surface area contributed by atoms with Crippen LogP contribution in [0.25, 0.3) is 10.2 Å². The van der Waals surface area contributed by atoms with Crippen molar-refractivity contribution in [1.82, 2.24) is 30.4 Å². The van der Waals surface area contributed by atoms with Crippen LogP contribution in [0.3, 0.4) is 0 Å². The number of hydrogen-bond acceptors (Lipinski definition) is 9. The zero-order valence-electron chi connectivity index (χ0n) is 18.7. The number of aromatic nitrogens is 4. The van der Waals surface area contributed by atoms with Gasteiger partial charge in [0.1, 0.15) is 5.78 Å². The summed E-state index contributed by atoms with van der Waals surface area (Å²) in [4.78, 5) is 24.1. The van der Waals surface area contributed by atoms with Crippen molar-refractivity contribution in [2.24, 2.45) is 5.92 Å². The molecule has 4 atom stereocenters. The van der Waals surface area contributed by atoms with Crippen molar-refractivity contribution < 1.29 is 4.79 Å². The summed E-state index contributed by atoms with van der Waals surface area (Å²) in [5, 5.41) is 19.9. The Bertz CT molecular complexity index is 1090. The van der Waals surface area contributed by atoms with E-state index in [1.807, 2.05) is 43.4 Å². The molecule has 0 amide bonds. The molecular formula is C22H30N8OS. The Hall–Kier alpha value is -2.56. The summed E-state index contributed by atoms with van der Waals surface area (Å²) in [6, 6.07) is 4.96. The zero-order chi connectivity index (χ0) is 22.2. The third-order valence-corrected chi connectivity index (χ3v) is 7.17. The van der Waals surface area contributed by atoms with E-state index >= 15 is 0 Å². The van der Waals surface area contributed by atoms with Crippen molar-refractivity contribution in [2.75, 3.05) is 31.3 Å². The van der Waals surface area contributed by atoms with Gasteiger partial charge in [-0.3, -0.25) is 9.89 Å². The highest BCUT2D eigenvalue weighted by molar-refractivity contribution is 7.17. The number of ketones is 1. The van der Waals surface area contributed by atoms with Gasteiger partial charge in [-0.05, 0) is 58.1 Å². The van der Waals surface area contributed by atoms with Crippen LogP contribution in [0.5, 0.6) is 0 Å². The molecule has 5 heterocycles. The fourth-order valence-electron chi connectivity index (χ4n) is 4.98. The number of carbonyl (C=O) groups excluding carboxylic acids is 1. The predicted molar refractivity (Wildman–Crippen MR) is 128 cm³/mol. The van der Waals surface area contributed by atoms with Gasteiger partial charge in [0.15, 0.2) is 11.6 Å². The van der Waals surface area contributed by atoms with Gasteiger partial charge in [-0.25, -0.2) is 4.98 Å². The Balaban J connectivity index is 1.29. The van der Waals surface area contributed by atoms with Crippen LogP contribution < -0.4 is 16.0 Å². The molecule has 2 aliphatic rings. The van der Waals surface area contributed by atoms with Crippen molar-refractivity contribution in [3.8, 4) is 0 Å². The molecule has 0 aliphatic carbocycles. The number of piperidine rings is 2. The lowest BCUT2D eigenvalue weighted by molar-refractivity contribution is -0.125. The van der Waals surface area contributed by atoms with Gasteiger partial charge in [-0.15, -0.1) is 11.3 Å². The number of carbonyl (C=O) groups is 1. The maximum absolute atomic E-state index is 12.6. The highest BCUT2D eigenvalue weighted by Crippen LogP contribution is 2.33. The molecule has 0 saturated carbocycles. The van der Waals surface area contributed by atoms with Crippen LogP contribution in [0, 0.1) is 12.8 Å². The van der Waals surface area contributed by atoms with E-state index < -0.39 is 0 Å². The molecule has 9 nitrogen and oxygen atoms in total. The Labute approximate surface area is 191 Å². The molecule has 10 heteroatoms. The maximum atomic E-state index is 12.6. The lowest BCUT2D eigenvalue weighted by atomic mass is 9.76. The highest BCUT2D eigenvalue weighted by Gasteiger charge is 2.38. The number of hydrogen-bond donors (Lipinski definition) is 4. The molecule has 0 radical (unpaired) electrons. The van der Waals surface area contributed by atoms with Crippen LogP contribution in [0.4, 0.5) is 17.6 Å². The first kappa shape index (κ1) is 21.3. The van der Waals surface area contributed by atoms with Gasteiger partial charge in [0.2, 0.25) is 5.95 Å². The van der Waals surface area contributed by atoms with Crippen molar-refractivity contribution in [1.29, 1.82) is 0 Å². The molecular weight excluding hydrogens is 424 g/mol. The third kappa shape index (κ3) is 4.62. The second-order valence-electron chi connectivity index (χ2n) is 9.34. The van der Waals surface area contributed by atoms with E-state index in [0.29, 0.717) is 30.4 Å². The Morgan fingerprint density at radius 3 is 2.69 bits per heavy atom. The number of H-pyrrole nitrogens is 1. The van der Waals surface area contributed by atoms with E-state index in [4.69, 9.17) is 9.97 Å². The molecule has 2 bridgehead atoms. The molecule has 4 N–H and O–H groups in total. The van der Waals surface area contributed by atoms with Crippen LogP contribution in [0.15, 0.2) is 17.5 Å². The van der Waals surface area contributed by atoms with Gasteiger partial charge < -0.3 is 20.9 Å². The van der Waals surface area contributed by atoms with Gasteiger partial charge in [-0.2, -0.15) is 10.1 Å². The number of thiophene rings is 1. The van der Waals surface area contributed by atoms with Gasteiger partial charge in [-0.1, -0.05) is 0 Å². The summed E-state index contributed by atoms with van der Waals surface area (Å²) in [7, 11) is 3.92. The van der Waals surface area contributed by atoms with E-state index in [1.165, 1.54) is 0 Å². The highest BCUT2D eigenvalue weighted by atomic mass is 32.1. The van der Waals surface area contributed by atoms with E-state index in [-0.39, 0.29) is 12.0 Å². The SMILES string of the molecule is Cc1cc(Nc2nc(NC3C[C@@H]4CC(C(=O)CN(C)C)C[C@H](C3)N4)nc3ccsc23)n[nH]1. The summed E-state index contributed by atoms with van der Waals surface area (Å²) in [6.07, 6.45) is 3.76. The van der Waals surface area contributed by atoms with Crippen LogP contribution in [0.1, 0.15) is 31.4 Å². The number of Topliss-reactive ketones (excluding diaryl/α,β-unsaturated/α-hetero) is 1. The van der Waals surface area contributed by atoms with Crippen LogP contribution >= 0.6 is 11.3 Å². The van der Waals surface area contributed by atoms with E-state index in [0.717, 1.165) is 53.2 Å². The Kier molecular flexibility index (Phi) is 5.83. The minimum atomic E-state index is 0.168. The lowest BCUT2D eigenvalue weighted by Crippen LogP contribution is -2.55. The molecule has 2 fully saturated rings. The lowest BCUT2D eigenvalue weighted by Gasteiger charge is -2.43. The first-order valence-electron chi connectivity index (χ1n) is 11.2. The first-order valence-corrected chi connectivity index (χ1v) is 12.0. The topological polar surface area (TPSA) is 111 Å². The van der Waals surface area contributed by atoms with Crippen molar-refractivity contribution in [3.05, 3.63) is 23.2 Å². The van der Waals surface area contributed by atoms with Crippen molar-refractivity contribution in [3.63, 3.8) is 0 Å². The minimum Gasteiger partial charge on any atom is -0.351 e. The third-order valence-electron chi connectivity index (χ3n) is 6.26. The summed E-state index contributed by atoms with van der Waals surface area (Å²) < 4.78 is 1.01. The molecule has 5 rings (SSSR count). The average Bonchev–Trinajstić information content (AvgIpc) is 3.35. The summed E-state index contributed by atoms with van der Waals surface area (Å²) in [5.74, 6) is 2.68. The molecule has 2 saturated heterocycles. The fraction of sp³-hybridized carbons (Fsp3) is 0.545. The zero-order valence-corrected chi connectivity index (χ0v) is 19.5. The van der Waals surface area contributed by atoms with Gasteiger partial charge in [0, 0.05) is 35.8 Å². The summed E-state index contributed by atoms with van der Waals surface area (Å²) >= 11 is 1.62. The first-order chi connectivity index (χ1) is 15.4. The molecule has 2 unspecified atom stereocenters. The molecule has 170 valence electrons. The van der Waals surface area contributed by atoms with Crippen LogP contribution in [-0.4, -0.2) is 69.6 Å². The predicted octanol–water partition coefficient (Wildman–Crippen LogP) is 2.91. The number of nitrogens with one attached hydrogen (secondary N) is 4. The fourth-order valence-corrected chi connectivity index (χ4v) is 5.76. The maximum Gasteiger partial charge on any atom is 0.225 e. The summed E-state index contributed by atoms with van der Waals surface area (Å²) in [6.45, 7) is 2.50. The molecule has 3 aromatic heterocycles. The average molecular weight is 455 g/mol. The molecule has 3 aromatic rings. The second kappa shape index (κ2) is 8.76. The Morgan fingerprint density at radius 1 is 1.22 bits per heavy atom. The minimum absolute atomic E-state index is 0.168. The number of anilines is 3. The van der Waals surface area contributed by atoms with Crippen LogP contribution in [-0.2, 0) is 4.79 Å². The van der Waals surface area contributed by atoms with Crippen molar-refractivity contribution in [2.45, 2.75) is 50.7 Å². The number of aromatic amines is 1. The molecule has 32 heavy (non-hydrogen) atoms. The number of fused-ring (bicyclic) bond motifs is 3. The largest absolute Gasteiger partial charge is 0.351 e. The smallest absolute Gasteiger partial charge is 0.225 e. The number of rotatable bonds is 7. The number of nitrogens with zero attached hydrogens (tertiary/aromatic N) is 4. The molecule has 0 aromatic carbocycles. The van der Waals surface area contributed by atoms with E-state index in [9.17, 15) is 4.79 Å². The van der Waals surface area contributed by atoms with Gasteiger partial charge >= 0.3 is 0 Å². The monoisotopic (exact) mass is 454 g/mol. The molecule has 0 spiro atoms. The number of aryl methyl sites for hydroxylation is 1. The van der Waals surface area contributed by atoms with Crippen LogP contribution in [0.2, 0.25) is 0 Å². The normalized spacial score (nSPS) is 25.2. The molecule has 2 aliphatic heterocycles.